The number of hydrogen-bond acceptors (Lipinski definition) is 3. The van der Waals surface area contributed by atoms with Crippen LogP contribution < -0.4 is 5.32 Å². The largest absolute Gasteiger partial charge is 0.480 e. The number of nitrogens with zero attached hydrogens (tertiary/aromatic N) is 1. The first-order valence-electron chi connectivity index (χ1n) is 6.21. The molecule has 0 aromatic carbocycles. The van der Waals surface area contributed by atoms with E-state index in [1.807, 2.05) is 13.8 Å². The normalized spacial score (nSPS) is 19.4. The second-order valence-electron chi connectivity index (χ2n) is 4.98. The van der Waals surface area contributed by atoms with Crippen LogP contribution in [0.5, 0.6) is 0 Å². The van der Waals surface area contributed by atoms with Crippen LogP contribution in [0.15, 0.2) is 0 Å². The second kappa shape index (κ2) is 6.00. The molecular weight excluding hydrogens is 220 g/mol. The lowest BCUT2D eigenvalue weighted by Crippen LogP contribution is -2.51. The van der Waals surface area contributed by atoms with Crippen LogP contribution in [-0.2, 0) is 9.59 Å². The second-order valence-corrected chi connectivity index (χ2v) is 4.98. The lowest BCUT2D eigenvalue weighted by atomic mass is 10.0. The molecule has 98 valence electrons. The maximum absolute atomic E-state index is 12.0. The third-order valence-electron chi connectivity index (χ3n) is 3.15. The van der Waals surface area contributed by atoms with Gasteiger partial charge in [0.05, 0.1) is 6.04 Å². The van der Waals surface area contributed by atoms with E-state index < -0.39 is 18.1 Å². The van der Waals surface area contributed by atoms with Crippen molar-refractivity contribution in [1.29, 1.82) is 0 Å². The average Bonchev–Trinajstić information content (AvgIpc) is 2.76. The predicted molar refractivity (Wildman–Crippen MR) is 64.7 cm³/mol. The molecule has 5 heteroatoms. The summed E-state index contributed by atoms with van der Waals surface area (Å²) >= 11 is 0. The van der Waals surface area contributed by atoms with Gasteiger partial charge in [0.15, 0.2) is 0 Å². The third-order valence-corrected chi connectivity index (χ3v) is 3.15. The Morgan fingerprint density at radius 1 is 1.18 bits per heavy atom. The van der Waals surface area contributed by atoms with Gasteiger partial charge in [-0.1, -0.05) is 13.8 Å². The van der Waals surface area contributed by atoms with Gasteiger partial charge < -0.3 is 10.0 Å². The SMILES string of the molecule is CC(NC(C(=O)O)C(C)C)C(=O)N1CCCC1. The molecule has 0 radical (unpaired) electrons. The molecule has 1 saturated heterocycles. The Kier molecular flexibility index (Phi) is 4.93. The summed E-state index contributed by atoms with van der Waals surface area (Å²) in [6.45, 7) is 6.99. The van der Waals surface area contributed by atoms with E-state index >= 15 is 0 Å². The predicted octanol–water partition coefficient (Wildman–Crippen LogP) is 0.696. The highest BCUT2D eigenvalue weighted by Gasteiger charge is 2.28. The summed E-state index contributed by atoms with van der Waals surface area (Å²) in [4.78, 5) is 24.8. The number of carboxylic acid groups (broad SMARTS) is 1. The van der Waals surface area contributed by atoms with Crippen LogP contribution in [0.3, 0.4) is 0 Å². The van der Waals surface area contributed by atoms with E-state index in [0.717, 1.165) is 25.9 Å². The lowest BCUT2D eigenvalue weighted by molar-refractivity contribution is -0.141. The van der Waals surface area contributed by atoms with E-state index in [2.05, 4.69) is 5.32 Å². The molecule has 0 aromatic rings. The van der Waals surface area contributed by atoms with Crippen LogP contribution in [0.1, 0.15) is 33.6 Å². The summed E-state index contributed by atoms with van der Waals surface area (Å²) in [6.07, 6.45) is 2.09. The first kappa shape index (κ1) is 14.0. The highest BCUT2D eigenvalue weighted by atomic mass is 16.4. The summed E-state index contributed by atoms with van der Waals surface area (Å²) in [5, 5.41) is 12.0. The Morgan fingerprint density at radius 3 is 2.12 bits per heavy atom. The number of carbonyl (C=O) groups is 2. The van der Waals surface area contributed by atoms with Crippen LogP contribution in [-0.4, -0.2) is 47.1 Å². The number of amides is 1. The molecule has 0 bridgehead atoms. The van der Waals surface area contributed by atoms with Crippen LogP contribution in [0.2, 0.25) is 0 Å². The molecular formula is C12H22N2O3. The van der Waals surface area contributed by atoms with Gasteiger partial charge in [-0.05, 0) is 25.7 Å². The number of carbonyl (C=O) groups excluding carboxylic acids is 1. The van der Waals surface area contributed by atoms with Crippen molar-refractivity contribution < 1.29 is 14.7 Å². The van der Waals surface area contributed by atoms with Crippen molar-refractivity contribution in [3.05, 3.63) is 0 Å². The molecule has 2 atom stereocenters. The third kappa shape index (κ3) is 3.70. The van der Waals surface area contributed by atoms with Gasteiger partial charge in [-0.15, -0.1) is 0 Å². The van der Waals surface area contributed by atoms with Crippen molar-refractivity contribution in [1.82, 2.24) is 10.2 Å². The van der Waals surface area contributed by atoms with E-state index in [4.69, 9.17) is 5.11 Å². The van der Waals surface area contributed by atoms with E-state index in [9.17, 15) is 9.59 Å². The topological polar surface area (TPSA) is 69.6 Å². The van der Waals surface area contributed by atoms with Crippen LogP contribution in [0.4, 0.5) is 0 Å². The van der Waals surface area contributed by atoms with Crippen molar-refractivity contribution in [2.24, 2.45) is 5.92 Å². The van der Waals surface area contributed by atoms with E-state index in [-0.39, 0.29) is 11.8 Å². The number of rotatable bonds is 5. The van der Waals surface area contributed by atoms with Crippen LogP contribution >= 0.6 is 0 Å². The zero-order chi connectivity index (χ0) is 13.0. The number of aliphatic carboxylic acids is 1. The summed E-state index contributed by atoms with van der Waals surface area (Å²) in [7, 11) is 0. The molecule has 0 aromatic heterocycles. The number of nitrogens with one attached hydrogen (secondary N) is 1. The molecule has 0 spiro atoms. The van der Waals surface area contributed by atoms with Crippen molar-refractivity contribution in [3.63, 3.8) is 0 Å². The Morgan fingerprint density at radius 2 is 1.71 bits per heavy atom. The molecule has 2 N–H and O–H groups in total. The van der Waals surface area contributed by atoms with Gasteiger partial charge in [0, 0.05) is 13.1 Å². The molecule has 17 heavy (non-hydrogen) atoms. The van der Waals surface area contributed by atoms with E-state index in [1.165, 1.54) is 0 Å². The Bertz CT molecular complexity index is 285. The van der Waals surface area contributed by atoms with Gasteiger partial charge >= 0.3 is 5.97 Å². The summed E-state index contributed by atoms with van der Waals surface area (Å²) in [5.41, 5.74) is 0. The maximum Gasteiger partial charge on any atom is 0.320 e. The fourth-order valence-electron chi connectivity index (χ4n) is 2.10. The highest BCUT2D eigenvalue weighted by molar-refractivity contribution is 5.83. The smallest absolute Gasteiger partial charge is 0.320 e. The first-order valence-corrected chi connectivity index (χ1v) is 6.21. The molecule has 2 unspecified atom stereocenters. The van der Waals surface area contributed by atoms with Gasteiger partial charge in [0.2, 0.25) is 5.91 Å². The monoisotopic (exact) mass is 242 g/mol. The van der Waals surface area contributed by atoms with Crippen molar-refractivity contribution in [2.45, 2.75) is 45.7 Å². The van der Waals surface area contributed by atoms with Crippen molar-refractivity contribution in [3.8, 4) is 0 Å². The molecule has 1 rings (SSSR count). The van der Waals surface area contributed by atoms with Gasteiger partial charge in [0.25, 0.3) is 0 Å². The number of carboxylic acids is 1. The molecule has 0 saturated carbocycles. The van der Waals surface area contributed by atoms with Gasteiger partial charge in [-0.2, -0.15) is 0 Å². The molecule has 5 nitrogen and oxygen atoms in total. The Balaban J connectivity index is 2.54. The van der Waals surface area contributed by atoms with Crippen LogP contribution in [0.25, 0.3) is 0 Å². The minimum Gasteiger partial charge on any atom is -0.480 e. The fraction of sp³-hybridized carbons (Fsp3) is 0.833. The zero-order valence-corrected chi connectivity index (χ0v) is 10.8. The van der Waals surface area contributed by atoms with Crippen molar-refractivity contribution in [2.75, 3.05) is 13.1 Å². The molecule has 0 aliphatic carbocycles. The number of hydrogen-bond donors (Lipinski definition) is 2. The zero-order valence-electron chi connectivity index (χ0n) is 10.8. The van der Waals surface area contributed by atoms with Crippen LogP contribution in [0, 0.1) is 5.92 Å². The molecule has 1 amide bonds. The average molecular weight is 242 g/mol. The molecule has 1 heterocycles. The molecule has 1 aliphatic rings. The Hall–Kier alpha value is -1.10. The molecule has 1 aliphatic heterocycles. The fourth-order valence-corrected chi connectivity index (χ4v) is 2.10. The van der Waals surface area contributed by atoms with Gasteiger partial charge in [0.1, 0.15) is 6.04 Å². The highest BCUT2D eigenvalue weighted by Crippen LogP contribution is 2.10. The van der Waals surface area contributed by atoms with Gasteiger partial charge in [-0.25, -0.2) is 0 Å². The number of likely N-dealkylation sites (tertiary alicyclic amines) is 1. The summed E-state index contributed by atoms with van der Waals surface area (Å²) in [5.74, 6) is -0.934. The first-order chi connectivity index (χ1) is 7.93. The van der Waals surface area contributed by atoms with Gasteiger partial charge in [-0.3, -0.25) is 14.9 Å². The van der Waals surface area contributed by atoms with E-state index in [1.54, 1.807) is 11.8 Å². The lowest BCUT2D eigenvalue weighted by Gasteiger charge is -2.25. The Labute approximate surface area is 102 Å². The molecule has 1 fully saturated rings. The maximum atomic E-state index is 12.0. The standard InChI is InChI=1S/C12H22N2O3/c1-8(2)10(12(16)17)13-9(3)11(15)14-6-4-5-7-14/h8-10,13H,4-7H2,1-3H3,(H,16,17). The van der Waals surface area contributed by atoms with Crippen molar-refractivity contribution >= 4 is 11.9 Å². The van der Waals surface area contributed by atoms with E-state index in [0.29, 0.717) is 0 Å². The minimum absolute atomic E-state index is 0.00870. The quantitative estimate of drug-likeness (QED) is 0.744. The minimum atomic E-state index is -0.902. The summed E-state index contributed by atoms with van der Waals surface area (Å²) in [6, 6.07) is -1.10. The summed E-state index contributed by atoms with van der Waals surface area (Å²) < 4.78 is 0.